The van der Waals surface area contributed by atoms with E-state index in [4.69, 9.17) is 16.6 Å². The van der Waals surface area contributed by atoms with Gasteiger partial charge in [0, 0.05) is 6.42 Å². The van der Waals surface area contributed by atoms with Crippen molar-refractivity contribution in [1.29, 1.82) is 0 Å². The fourth-order valence-electron chi connectivity index (χ4n) is 1.01. The van der Waals surface area contributed by atoms with E-state index in [2.05, 4.69) is 4.74 Å². The molecule has 0 amide bonds. The van der Waals surface area contributed by atoms with Crippen LogP contribution in [0.2, 0.25) is 0 Å². The molecule has 2 atom stereocenters. The summed E-state index contributed by atoms with van der Waals surface area (Å²) in [6, 6.07) is -1.99. The summed E-state index contributed by atoms with van der Waals surface area (Å²) in [5.41, 5.74) is 10.9. The van der Waals surface area contributed by atoms with Gasteiger partial charge in [0.25, 0.3) is 0 Å². The van der Waals surface area contributed by atoms with Gasteiger partial charge >= 0.3 is 17.9 Å². The van der Waals surface area contributed by atoms with Gasteiger partial charge in [0.2, 0.25) is 0 Å². The molecule has 0 rings (SSSR count). The first-order valence-corrected chi connectivity index (χ1v) is 6.75. The second kappa shape index (κ2) is 8.90. The van der Waals surface area contributed by atoms with Gasteiger partial charge in [-0.2, -0.15) is 11.8 Å². The summed E-state index contributed by atoms with van der Waals surface area (Å²) in [6.45, 7) is 0. The molecule has 5 N–H and O–H groups in total. The van der Waals surface area contributed by atoms with Gasteiger partial charge in [0.15, 0.2) is 0 Å². The third-order valence-corrected chi connectivity index (χ3v) is 2.75. The van der Waals surface area contributed by atoms with Gasteiger partial charge in [-0.25, -0.2) is 9.59 Å². The van der Waals surface area contributed by atoms with Crippen LogP contribution in [0, 0.1) is 0 Å². The van der Waals surface area contributed by atoms with Gasteiger partial charge in [-0.3, -0.25) is 4.79 Å². The maximum atomic E-state index is 11.4. The predicted molar refractivity (Wildman–Crippen MR) is 66.9 cm³/mol. The lowest BCUT2D eigenvalue weighted by atomic mass is 10.2. The molecule has 0 aromatic rings. The van der Waals surface area contributed by atoms with Crippen LogP contribution in [0.4, 0.5) is 0 Å². The maximum absolute atomic E-state index is 11.4. The van der Waals surface area contributed by atoms with Crippen LogP contribution in [0.1, 0.15) is 19.3 Å². The zero-order valence-corrected chi connectivity index (χ0v) is 10.9. The third kappa shape index (κ3) is 7.25. The fraction of sp³-hybridized carbons (Fsp3) is 0.700. The standard InChI is InChI=1S/C10H18N2O5S/c1-18-5-4-7(12)10(16)17-9(15)6(11)2-3-8(13)14/h6-7H,2-5,11-12H2,1H3,(H,13,14)/t6-,7-/m0/s1. The average Bonchev–Trinajstić information content (AvgIpc) is 2.32. The highest BCUT2D eigenvalue weighted by Gasteiger charge is 2.23. The number of hydrogen-bond acceptors (Lipinski definition) is 7. The van der Waals surface area contributed by atoms with Gasteiger partial charge in [0.05, 0.1) is 0 Å². The summed E-state index contributed by atoms with van der Waals surface area (Å²) >= 11 is 1.52. The van der Waals surface area contributed by atoms with Crippen molar-refractivity contribution in [2.75, 3.05) is 12.0 Å². The van der Waals surface area contributed by atoms with Crippen LogP contribution in [0.5, 0.6) is 0 Å². The number of nitrogens with two attached hydrogens (primary N) is 2. The molecule has 8 heteroatoms. The quantitative estimate of drug-likeness (QED) is 0.393. The number of carbonyl (C=O) groups is 3. The van der Waals surface area contributed by atoms with Crippen LogP contribution in [0.3, 0.4) is 0 Å². The number of hydrogen-bond donors (Lipinski definition) is 3. The van der Waals surface area contributed by atoms with Gasteiger partial charge in [0.1, 0.15) is 12.1 Å². The van der Waals surface area contributed by atoms with E-state index < -0.39 is 30.0 Å². The number of esters is 2. The van der Waals surface area contributed by atoms with Gasteiger partial charge < -0.3 is 21.3 Å². The number of carboxylic acids is 1. The molecular formula is C10H18N2O5S. The van der Waals surface area contributed by atoms with Crippen LogP contribution < -0.4 is 11.5 Å². The Balaban J connectivity index is 4.05. The monoisotopic (exact) mass is 278 g/mol. The number of carboxylic acid groups (broad SMARTS) is 1. The Hall–Kier alpha value is -1.12. The fourth-order valence-corrected chi connectivity index (χ4v) is 1.50. The van der Waals surface area contributed by atoms with E-state index in [1.54, 1.807) is 0 Å². The Morgan fingerprint density at radius 3 is 2.11 bits per heavy atom. The van der Waals surface area contributed by atoms with Crippen molar-refractivity contribution in [2.45, 2.75) is 31.3 Å². The zero-order valence-electron chi connectivity index (χ0n) is 10.1. The lowest BCUT2D eigenvalue weighted by Gasteiger charge is -2.12. The Morgan fingerprint density at radius 1 is 1.17 bits per heavy atom. The smallest absolute Gasteiger partial charge is 0.330 e. The molecule has 0 saturated carbocycles. The van der Waals surface area contributed by atoms with E-state index in [0.717, 1.165) is 0 Å². The van der Waals surface area contributed by atoms with Crippen LogP contribution in [0.15, 0.2) is 0 Å². The van der Waals surface area contributed by atoms with Crippen LogP contribution in [-0.4, -0.2) is 47.1 Å². The van der Waals surface area contributed by atoms with Gasteiger partial charge in [-0.1, -0.05) is 0 Å². The summed E-state index contributed by atoms with van der Waals surface area (Å²) in [5, 5.41) is 8.41. The molecule has 0 spiro atoms. The summed E-state index contributed by atoms with van der Waals surface area (Å²) < 4.78 is 4.47. The van der Waals surface area contributed by atoms with Crippen LogP contribution in [-0.2, 0) is 19.1 Å². The Kier molecular flexibility index (Phi) is 8.34. The summed E-state index contributed by atoms with van der Waals surface area (Å²) in [7, 11) is 0. The van der Waals surface area contributed by atoms with Crippen molar-refractivity contribution in [3.63, 3.8) is 0 Å². The van der Waals surface area contributed by atoms with Crippen molar-refractivity contribution in [1.82, 2.24) is 0 Å². The Labute approximate surface area is 109 Å². The van der Waals surface area contributed by atoms with E-state index in [9.17, 15) is 14.4 Å². The summed E-state index contributed by atoms with van der Waals surface area (Å²) in [4.78, 5) is 33.0. The van der Waals surface area contributed by atoms with Crippen molar-refractivity contribution >= 4 is 29.7 Å². The van der Waals surface area contributed by atoms with E-state index >= 15 is 0 Å². The highest BCUT2D eigenvalue weighted by atomic mass is 32.2. The molecule has 0 unspecified atom stereocenters. The number of thioether (sulfide) groups is 1. The number of aliphatic carboxylic acids is 1. The SMILES string of the molecule is CSCC[C@H](N)C(=O)OC(=O)[C@@H](N)CCC(=O)O. The van der Waals surface area contributed by atoms with Crippen LogP contribution >= 0.6 is 11.8 Å². The van der Waals surface area contributed by atoms with E-state index in [0.29, 0.717) is 12.2 Å². The van der Waals surface area contributed by atoms with Crippen molar-refractivity contribution < 1.29 is 24.2 Å². The Morgan fingerprint density at radius 2 is 1.67 bits per heavy atom. The van der Waals surface area contributed by atoms with Crippen LogP contribution in [0.25, 0.3) is 0 Å². The highest BCUT2D eigenvalue weighted by molar-refractivity contribution is 7.98. The molecule has 104 valence electrons. The molecule has 0 bridgehead atoms. The minimum atomic E-state index is -1.13. The third-order valence-electron chi connectivity index (χ3n) is 2.11. The summed E-state index contributed by atoms with van der Waals surface area (Å²) in [6.07, 6.45) is 1.92. The topological polar surface area (TPSA) is 133 Å². The molecule has 0 fully saturated rings. The van der Waals surface area contributed by atoms with E-state index in [-0.39, 0.29) is 12.8 Å². The molecule has 0 aliphatic rings. The lowest BCUT2D eigenvalue weighted by Crippen LogP contribution is -2.40. The lowest BCUT2D eigenvalue weighted by molar-refractivity contribution is -0.161. The first-order valence-electron chi connectivity index (χ1n) is 5.36. The zero-order chi connectivity index (χ0) is 14.1. The molecule has 7 nitrogen and oxygen atoms in total. The molecule has 0 aromatic carbocycles. The minimum absolute atomic E-state index is 0.0818. The molecule has 0 aliphatic carbocycles. The molecular weight excluding hydrogens is 260 g/mol. The Bertz CT molecular complexity index is 311. The number of carbonyl (C=O) groups excluding carboxylic acids is 2. The molecule has 18 heavy (non-hydrogen) atoms. The molecule has 0 aliphatic heterocycles. The average molecular weight is 278 g/mol. The van der Waals surface area contributed by atoms with E-state index in [1.807, 2.05) is 6.26 Å². The largest absolute Gasteiger partial charge is 0.481 e. The van der Waals surface area contributed by atoms with Gasteiger partial charge in [-0.15, -0.1) is 0 Å². The predicted octanol–water partition coefficient (Wildman–Crippen LogP) is -0.671. The number of rotatable bonds is 8. The van der Waals surface area contributed by atoms with E-state index in [1.165, 1.54) is 11.8 Å². The van der Waals surface area contributed by atoms with Gasteiger partial charge in [-0.05, 0) is 24.9 Å². The second-order valence-electron chi connectivity index (χ2n) is 3.67. The van der Waals surface area contributed by atoms with Crippen molar-refractivity contribution in [3.8, 4) is 0 Å². The van der Waals surface area contributed by atoms with Crippen molar-refractivity contribution in [3.05, 3.63) is 0 Å². The van der Waals surface area contributed by atoms with Crippen molar-refractivity contribution in [2.24, 2.45) is 11.5 Å². The molecule has 0 radical (unpaired) electrons. The highest BCUT2D eigenvalue weighted by Crippen LogP contribution is 2.03. The molecule has 0 heterocycles. The molecule has 0 saturated heterocycles. The second-order valence-corrected chi connectivity index (χ2v) is 4.65. The normalized spacial score (nSPS) is 13.7. The summed E-state index contributed by atoms with van der Waals surface area (Å²) in [5.74, 6) is -2.17. The number of ether oxygens (including phenoxy) is 1. The molecule has 0 aromatic heterocycles. The first kappa shape index (κ1) is 16.9. The first-order chi connectivity index (χ1) is 8.38. The minimum Gasteiger partial charge on any atom is -0.481 e. The maximum Gasteiger partial charge on any atom is 0.330 e.